The first-order chi connectivity index (χ1) is 20.4. The molecule has 2 heterocycles. The second-order valence-corrected chi connectivity index (χ2v) is 12.8. The minimum atomic E-state index is -3.93. The van der Waals surface area contributed by atoms with Crippen LogP contribution in [0.4, 0.5) is 10.5 Å². The number of fused-ring (bicyclic) bond motifs is 1. The topological polar surface area (TPSA) is 198 Å². The maximum atomic E-state index is 13.5. The van der Waals surface area contributed by atoms with E-state index in [4.69, 9.17) is 35.0 Å². The SMILES string of the molecule is CC(C)CN(CC(O)C(Cc1ccccc1)NC(=O)O[C@H]1CO[C@H]2OCC[C@H]21)S(=O)(=O)c1ccc(N)cc1.O=C(O)CO. The molecule has 238 valence electrons. The van der Waals surface area contributed by atoms with E-state index in [1.165, 1.54) is 28.6 Å². The summed E-state index contributed by atoms with van der Waals surface area (Å²) in [5, 5.41) is 29.1. The van der Waals surface area contributed by atoms with E-state index in [0.29, 0.717) is 12.3 Å². The fourth-order valence-electron chi connectivity index (χ4n) is 4.82. The van der Waals surface area contributed by atoms with Crippen LogP contribution >= 0.6 is 0 Å². The molecule has 0 saturated carbocycles. The predicted octanol–water partition coefficient (Wildman–Crippen LogP) is 1.44. The zero-order chi connectivity index (χ0) is 31.6. The molecule has 14 heteroatoms. The minimum absolute atomic E-state index is 0.000183. The molecule has 2 aliphatic heterocycles. The number of aliphatic carboxylic acids is 1. The van der Waals surface area contributed by atoms with Crippen molar-refractivity contribution >= 4 is 27.8 Å². The van der Waals surface area contributed by atoms with Gasteiger partial charge in [0.25, 0.3) is 0 Å². The number of sulfonamides is 1. The number of carbonyl (C=O) groups excluding carboxylic acids is 1. The molecule has 0 spiro atoms. The average Bonchev–Trinajstić information content (AvgIpc) is 3.58. The van der Waals surface area contributed by atoms with Gasteiger partial charge in [-0.3, -0.25) is 0 Å². The first kappa shape index (κ1) is 34.2. The van der Waals surface area contributed by atoms with Crippen molar-refractivity contribution < 1.29 is 47.5 Å². The van der Waals surface area contributed by atoms with Gasteiger partial charge in [0.2, 0.25) is 10.0 Å². The van der Waals surface area contributed by atoms with Crippen LogP contribution in [0.2, 0.25) is 0 Å². The third kappa shape index (κ3) is 10.2. The van der Waals surface area contributed by atoms with Crippen molar-refractivity contribution in [2.75, 3.05) is 38.6 Å². The number of aliphatic hydroxyl groups is 2. The second kappa shape index (κ2) is 16.0. The zero-order valence-corrected chi connectivity index (χ0v) is 25.1. The van der Waals surface area contributed by atoms with E-state index in [1.807, 2.05) is 44.2 Å². The Kier molecular flexibility index (Phi) is 12.7. The number of nitrogen functional groups attached to an aromatic ring is 1. The fraction of sp³-hybridized carbons (Fsp3) is 0.517. The highest BCUT2D eigenvalue weighted by atomic mass is 32.2. The van der Waals surface area contributed by atoms with Crippen LogP contribution in [0.1, 0.15) is 25.8 Å². The lowest BCUT2D eigenvalue weighted by atomic mass is 10.0. The molecule has 2 fully saturated rings. The van der Waals surface area contributed by atoms with E-state index in [1.54, 1.807) is 0 Å². The number of amides is 1. The molecule has 2 aromatic rings. The Morgan fingerprint density at radius 2 is 1.74 bits per heavy atom. The van der Waals surface area contributed by atoms with Crippen LogP contribution in [-0.4, -0.2) is 97.6 Å². The highest BCUT2D eigenvalue weighted by molar-refractivity contribution is 7.89. The third-order valence-corrected chi connectivity index (χ3v) is 8.77. The van der Waals surface area contributed by atoms with E-state index < -0.39 is 46.9 Å². The van der Waals surface area contributed by atoms with Gasteiger partial charge in [0.1, 0.15) is 12.7 Å². The van der Waals surface area contributed by atoms with Crippen molar-refractivity contribution in [2.45, 2.75) is 56.1 Å². The van der Waals surface area contributed by atoms with Gasteiger partial charge < -0.3 is 40.6 Å². The normalized spacial score (nSPS) is 21.0. The molecule has 0 bridgehead atoms. The van der Waals surface area contributed by atoms with E-state index >= 15 is 0 Å². The van der Waals surface area contributed by atoms with Gasteiger partial charge in [-0.25, -0.2) is 18.0 Å². The number of carboxylic acids is 1. The molecule has 0 aliphatic carbocycles. The van der Waals surface area contributed by atoms with Gasteiger partial charge in [-0.05, 0) is 48.6 Å². The van der Waals surface area contributed by atoms with E-state index in [9.17, 15) is 18.3 Å². The fourth-order valence-corrected chi connectivity index (χ4v) is 6.45. The highest BCUT2D eigenvalue weighted by Crippen LogP contribution is 2.33. The number of hydrogen-bond acceptors (Lipinski definition) is 10. The number of benzene rings is 2. The number of nitrogens with one attached hydrogen (secondary N) is 1. The van der Waals surface area contributed by atoms with Crippen molar-refractivity contribution in [1.29, 1.82) is 0 Å². The standard InChI is InChI=1S/C27H37N3O7S.C2H4O3/c1-18(2)15-30(38(33,34)21-10-8-20(28)9-11-21)16-24(31)23(14-19-6-4-3-5-7-19)29-27(32)37-25-17-36-26-22(25)12-13-35-26;3-1-2(4)5/h3-11,18,22-26,31H,12-17,28H2,1-2H3,(H,29,32);3H,1H2,(H,4,5)/t22-,23?,24?,25-,26+;/m0./s1. The average molecular weight is 624 g/mol. The molecule has 0 aromatic heterocycles. The minimum Gasteiger partial charge on any atom is -0.480 e. The highest BCUT2D eigenvalue weighted by Gasteiger charge is 2.44. The van der Waals surface area contributed by atoms with Crippen molar-refractivity contribution in [1.82, 2.24) is 9.62 Å². The summed E-state index contributed by atoms with van der Waals surface area (Å²) in [6, 6.07) is 14.5. The molecular weight excluding hydrogens is 582 g/mol. The molecule has 13 nitrogen and oxygen atoms in total. The van der Waals surface area contributed by atoms with Gasteiger partial charge >= 0.3 is 12.1 Å². The summed E-state index contributed by atoms with van der Waals surface area (Å²) >= 11 is 0. The van der Waals surface area contributed by atoms with Crippen LogP contribution in [0, 0.1) is 11.8 Å². The lowest BCUT2D eigenvalue weighted by Gasteiger charge is -2.31. The Labute approximate surface area is 251 Å². The van der Waals surface area contributed by atoms with Gasteiger partial charge in [-0.2, -0.15) is 4.31 Å². The number of nitrogens with two attached hydrogens (primary N) is 1. The molecule has 2 unspecified atom stereocenters. The van der Waals surface area contributed by atoms with Gasteiger partial charge in [0.05, 0.1) is 36.2 Å². The van der Waals surface area contributed by atoms with Crippen LogP contribution in [0.5, 0.6) is 0 Å². The Hall–Kier alpha value is -3.27. The Balaban J connectivity index is 0.000000934. The maximum Gasteiger partial charge on any atom is 0.407 e. The molecule has 0 radical (unpaired) electrons. The van der Waals surface area contributed by atoms with Crippen LogP contribution in [-0.2, 0) is 35.4 Å². The van der Waals surface area contributed by atoms with Crippen LogP contribution < -0.4 is 11.1 Å². The molecule has 2 saturated heterocycles. The molecular formula is C29H41N3O10S. The molecule has 6 N–H and O–H groups in total. The molecule has 2 aliphatic rings. The van der Waals surface area contributed by atoms with Crippen molar-refractivity contribution in [3.05, 3.63) is 60.2 Å². The summed E-state index contributed by atoms with van der Waals surface area (Å²) in [6.45, 7) is 3.80. The number of anilines is 1. The molecule has 4 rings (SSSR count). The smallest absolute Gasteiger partial charge is 0.407 e. The molecule has 1 amide bonds. The van der Waals surface area contributed by atoms with Gasteiger partial charge in [0.15, 0.2) is 6.29 Å². The number of alkyl carbamates (subject to hydrolysis) is 1. The van der Waals surface area contributed by atoms with Crippen molar-refractivity contribution in [3.63, 3.8) is 0 Å². The zero-order valence-electron chi connectivity index (χ0n) is 24.2. The van der Waals surface area contributed by atoms with Crippen LogP contribution in [0.25, 0.3) is 0 Å². The number of hydrogen-bond donors (Lipinski definition) is 5. The predicted molar refractivity (Wildman–Crippen MR) is 156 cm³/mol. The molecule has 5 atom stereocenters. The molecule has 43 heavy (non-hydrogen) atoms. The Morgan fingerprint density at radius 1 is 1.09 bits per heavy atom. The quantitative estimate of drug-likeness (QED) is 0.214. The van der Waals surface area contributed by atoms with Crippen molar-refractivity contribution in [2.24, 2.45) is 11.8 Å². The number of rotatable bonds is 12. The monoisotopic (exact) mass is 623 g/mol. The number of carboxylic acid groups (broad SMARTS) is 1. The lowest BCUT2D eigenvalue weighted by Crippen LogP contribution is -2.51. The summed E-state index contributed by atoms with van der Waals surface area (Å²) in [7, 11) is -3.93. The van der Waals surface area contributed by atoms with Gasteiger partial charge in [-0.1, -0.05) is 44.2 Å². The maximum absolute atomic E-state index is 13.5. The van der Waals surface area contributed by atoms with Crippen LogP contribution in [0.15, 0.2) is 59.5 Å². The lowest BCUT2D eigenvalue weighted by molar-refractivity contribution is -0.140. The van der Waals surface area contributed by atoms with E-state index in [-0.39, 0.29) is 49.1 Å². The van der Waals surface area contributed by atoms with E-state index in [2.05, 4.69) is 5.32 Å². The number of nitrogens with zero attached hydrogens (tertiary/aromatic N) is 1. The summed E-state index contributed by atoms with van der Waals surface area (Å²) in [4.78, 5) is 22.1. The summed E-state index contributed by atoms with van der Waals surface area (Å²) in [5.74, 6) is -1.21. The first-order valence-electron chi connectivity index (χ1n) is 14.0. The summed E-state index contributed by atoms with van der Waals surface area (Å²) in [6.07, 6.45) is -1.69. The first-order valence-corrected chi connectivity index (χ1v) is 15.4. The summed E-state index contributed by atoms with van der Waals surface area (Å²) in [5.41, 5.74) is 7.07. The van der Waals surface area contributed by atoms with Crippen molar-refractivity contribution in [3.8, 4) is 0 Å². The van der Waals surface area contributed by atoms with Gasteiger partial charge in [-0.15, -0.1) is 0 Å². The van der Waals surface area contributed by atoms with E-state index in [0.717, 1.165) is 12.0 Å². The number of carbonyl (C=O) groups is 2. The Morgan fingerprint density at radius 3 is 2.35 bits per heavy atom. The number of aliphatic hydroxyl groups excluding tert-OH is 2. The van der Waals surface area contributed by atoms with Gasteiger partial charge in [0, 0.05) is 18.8 Å². The largest absolute Gasteiger partial charge is 0.480 e. The third-order valence-electron chi connectivity index (χ3n) is 6.92. The second-order valence-electron chi connectivity index (χ2n) is 10.8. The number of ether oxygens (including phenoxy) is 3. The summed E-state index contributed by atoms with van der Waals surface area (Å²) < 4.78 is 44.9. The Bertz CT molecular complexity index is 1280. The molecule has 2 aromatic carbocycles. The van der Waals surface area contributed by atoms with Crippen LogP contribution in [0.3, 0.4) is 0 Å².